The number of hydrogen-bond acceptors (Lipinski definition) is 0. The van der Waals surface area contributed by atoms with E-state index in [1.54, 1.807) is 25.7 Å². The van der Waals surface area contributed by atoms with Crippen molar-refractivity contribution in [2.75, 3.05) is 0 Å². The molecule has 0 radical (unpaired) electrons. The van der Waals surface area contributed by atoms with Crippen LogP contribution in [0.4, 0.5) is 0 Å². The largest absolute Gasteiger partial charge is 0.187 e. The molecule has 0 atom stereocenters. The Morgan fingerprint density at radius 2 is 0.769 bits per heavy atom. The van der Waals surface area contributed by atoms with Crippen LogP contribution < -0.4 is 0 Å². The van der Waals surface area contributed by atoms with Crippen molar-refractivity contribution in [2.45, 2.75) is 64.2 Å². The van der Waals surface area contributed by atoms with E-state index in [0.29, 0.717) is 0 Å². The second kappa shape index (κ2) is 6.10. The van der Waals surface area contributed by atoms with Gasteiger partial charge in [-0.2, -0.15) is 0 Å². The van der Waals surface area contributed by atoms with Crippen LogP contribution in [0, 0.1) is 11.8 Å². The lowest BCUT2D eigenvalue weighted by molar-refractivity contribution is 0.196. The quantitative estimate of drug-likeness (QED) is 0.566. The fourth-order valence-corrected chi connectivity index (χ4v) is 3.21. The summed E-state index contributed by atoms with van der Waals surface area (Å²) in [5, 5.41) is 0. The van der Waals surface area contributed by atoms with Crippen molar-refractivity contribution in [3.05, 3.63) is 0 Å². The summed E-state index contributed by atoms with van der Waals surface area (Å²) in [6.45, 7) is 0. The van der Waals surface area contributed by atoms with Crippen molar-refractivity contribution < 1.29 is 0 Å². The number of rotatable bonds is 1. The first-order valence-corrected chi connectivity index (χ1v) is 5.97. The Kier molecular flexibility index (Phi) is 5.44. The molecule has 2 aliphatic carbocycles. The van der Waals surface area contributed by atoms with E-state index in [0.717, 1.165) is 11.8 Å². The van der Waals surface area contributed by atoms with Gasteiger partial charge in [0.1, 0.15) is 0 Å². The lowest BCUT2D eigenvalue weighted by atomic mass is 9.73. The van der Waals surface area contributed by atoms with Gasteiger partial charge in [0, 0.05) is 0 Å². The Labute approximate surface area is 93.6 Å². The summed E-state index contributed by atoms with van der Waals surface area (Å²) < 4.78 is 0. The average molecular weight is 196 g/mol. The van der Waals surface area contributed by atoms with Gasteiger partial charge < -0.3 is 0 Å². The van der Waals surface area contributed by atoms with Gasteiger partial charge in [-0.25, -0.2) is 0 Å². The van der Waals surface area contributed by atoms with Gasteiger partial charge in [-0.1, -0.05) is 64.2 Å². The minimum absolute atomic E-state index is 0. The van der Waals surface area contributed by atoms with Gasteiger partial charge in [-0.3, -0.25) is 0 Å². The molecule has 2 saturated carbocycles. The van der Waals surface area contributed by atoms with Crippen molar-refractivity contribution in [2.24, 2.45) is 11.8 Å². The van der Waals surface area contributed by atoms with Crippen molar-refractivity contribution in [3.63, 3.8) is 0 Å². The summed E-state index contributed by atoms with van der Waals surface area (Å²) in [6.07, 6.45) is 15.4. The van der Waals surface area contributed by atoms with E-state index in [9.17, 15) is 0 Å². The SMILES string of the molecule is C1CCC(C2CCCCC2)CC1.[AlH3]. The molecule has 0 spiro atoms. The van der Waals surface area contributed by atoms with E-state index in [1.165, 1.54) is 38.5 Å². The topological polar surface area (TPSA) is 0 Å². The Morgan fingerprint density at radius 1 is 0.462 bits per heavy atom. The summed E-state index contributed by atoms with van der Waals surface area (Å²) in [5.41, 5.74) is 0. The Morgan fingerprint density at radius 3 is 1.08 bits per heavy atom. The highest BCUT2D eigenvalue weighted by atomic mass is 27.0. The maximum Gasteiger partial charge on any atom is 0.187 e. The zero-order valence-corrected chi connectivity index (χ0v) is 8.23. The van der Waals surface area contributed by atoms with Gasteiger partial charge in [-0.15, -0.1) is 0 Å². The van der Waals surface area contributed by atoms with E-state index < -0.39 is 0 Å². The van der Waals surface area contributed by atoms with Crippen LogP contribution in [0.1, 0.15) is 64.2 Å². The molecule has 13 heavy (non-hydrogen) atoms. The van der Waals surface area contributed by atoms with Gasteiger partial charge in [0.05, 0.1) is 0 Å². The molecule has 0 aromatic rings. The van der Waals surface area contributed by atoms with Gasteiger partial charge in [0.25, 0.3) is 0 Å². The summed E-state index contributed by atoms with van der Waals surface area (Å²) in [6, 6.07) is 0. The van der Waals surface area contributed by atoms with Crippen LogP contribution in [0.2, 0.25) is 0 Å². The van der Waals surface area contributed by atoms with E-state index in [-0.39, 0.29) is 17.4 Å². The molecular formula is C12H25Al. The Balaban J connectivity index is 0.000000845. The predicted molar refractivity (Wildman–Crippen MR) is 63.1 cm³/mol. The maximum atomic E-state index is 1.56. The molecule has 76 valence electrons. The second-order valence-electron chi connectivity index (χ2n) is 4.80. The van der Waals surface area contributed by atoms with E-state index in [4.69, 9.17) is 0 Å². The minimum atomic E-state index is 0. The smallest absolute Gasteiger partial charge is 0.0533 e. The number of hydrogen-bond donors (Lipinski definition) is 0. The van der Waals surface area contributed by atoms with Crippen molar-refractivity contribution in [1.82, 2.24) is 0 Å². The van der Waals surface area contributed by atoms with Crippen molar-refractivity contribution in [1.29, 1.82) is 0 Å². The average Bonchev–Trinajstić information content (AvgIpc) is 2.21. The molecule has 1 heteroatoms. The first-order valence-electron chi connectivity index (χ1n) is 5.97. The molecule has 2 aliphatic rings. The van der Waals surface area contributed by atoms with Gasteiger partial charge in [-0.05, 0) is 11.8 Å². The lowest BCUT2D eigenvalue weighted by Gasteiger charge is -2.32. The van der Waals surface area contributed by atoms with E-state index >= 15 is 0 Å². The first-order chi connectivity index (χ1) is 5.97. The summed E-state index contributed by atoms with van der Waals surface area (Å²) in [5.74, 6) is 2.28. The third kappa shape index (κ3) is 3.30. The molecule has 0 nitrogen and oxygen atoms in total. The van der Waals surface area contributed by atoms with Crippen molar-refractivity contribution in [3.8, 4) is 0 Å². The summed E-state index contributed by atoms with van der Waals surface area (Å²) in [7, 11) is 0. The molecule has 0 bridgehead atoms. The fraction of sp³-hybridized carbons (Fsp3) is 1.00. The first kappa shape index (κ1) is 11.6. The predicted octanol–water partition coefficient (Wildman–Crippen LogP) is 2.96. The lowest BCUT2D eigenvalue weighted by Crippen LogP contribution is -2.20. The molecule has 0 aromatic heterocycles. The molecule has 0 saturated heterocycles. The van der Waals surface area contributed by atoms with Gasteiger partial charge in [0.15, 0.2) is 17.4 Å². The van der Waals surface area contributed by atoms with Crippen LogP contribution in [0.3, 0.4) is 0 Å². The molecule has 0 aromatic carbocycles. The summed E-state index contributed by atoms with van der Waals surface area (Å²) >= 11 is 0. The van der Waals surface area contributed by atoms with Crippen LogP contribution in [0.25, 0.3) is 0 Å². The standard InChI is InChI=1S/C12H22.Al.3H/c1-3-7-11(8-4-1)12-9-5-2-6-10-12;;;;/h11-12H,1-10H2;;;;. The Hall–Kier alpha value is 0.532. The van der Waals surface area contributed by atoms with Crippen LogP contribution in [-0.2, 0) is 0 Å². The molecule has 0 unspecified atom stereocenters. The fourth-order valence-electron chi connectivity index (χ4n) is 3.21. The van der Waals surface area contributed by atoms with Gasteiger partial charge >= 0.3 is 0 Å². The third-order valence-electron chi connectivity index (χ3n) is 3.97. The van der Waals surface area contributed by atoms with Crippen LogP contribution in [0.15, 0.2) is 0 Å². The van der Waals surface area contributed by atoms with Crippen LogP contribution in [-0.4, -0.2) is 17.4 Å². The maximum absolute atomic E-state index is 1.56. The third-order valence-corrected chi connectivity index (χ3v) is 3.97. The highest BCUT2D eigenvalue weighted by molar-refractivity contribution is 5.75. The monoisotopic (exact) mass is 196 g/mol. The zero-order valence-electron chi connectivity index (χ0n) is 8.23. The Bertz CT molecular complexity index is 105. The second-order valence-corrected chi connectivity index (χ2v) is 4.80. The molecule has 2 rings (SSSR count). The van der Waals surface area contributed by atoms with E-state index in [2.05, 4.69) is 0 Å². The van der Waals surface area contributed by atoms with Crippen LogP contribution >= 0.6 is 0 Å². The molecule has 0 aliphatic heterocycles. The highest BCUT2D eigenvalue weighted by Crippen LogP contribution is 2.37. The van der Waals surface area contributed by atoms with Gasteiger partial charge in [0.2, 0.25) is 0 Å². The molecule has 2 fully saturated rings. The van der Waals surface area contributed by atoms with Crippen molar-refractivity contribution >= 4 is 17.4 Å². The molecular weight excluding hydrogens is 171 g/mol. The highest BCUT2D eigenvalue weighted by Gasteiger charge is 2.24. The minimum Gasteiger partial charge on any atom is -0.0533 e. The molecule has 0 amide bonds. The zero-order chi connectivity index (χ0) is 8.23. The summed E-state index contributed by atoms with van der Waals surface area (Å²) in [4.78, 5) is 0. The normalized spacial score (nSPS) is 26.8. The molecule has 0 heterocycles. The van der Waals surface area contributed by atoms with E-state index in [1.807, 2.05) is 0 Å². The molecule has 0 N–H and O–H groups in total. The van der Waals surface area contributed by atoms with Crippen LogP contribution in [0.5, 0.6) is 0 Å².